The van der Waals surface area contributed by atoms with Crippen LogP contribution in [0.25, 0.3) is 17.3 Å². The number of aromatic nitrogens is 3. The zero-order chi connectivity index (χ0) is 18.6. The van der Waals surface area contributed by atoms with Crippen molar-refractivity contribution in [2.45, 2.75) is 11.4 Å². The first-order valence-electron chi connectivity index (χ1n) is 8.16. The molecule has 0 saturated heterocycles. The molecule has 0 spiro atoms. The summed E-state index contributed by atoms with van der Waals surface area (Å²) >= 11 is 4.96. The Hall–Kier alpha value is -2.58. The van der Waals surface area contributed by atoms with Crippen LogP contribution >= 0.6 is 27.7 Å². The molecule has 3 heterocycles. The number of anilines is 1. The van der Waals surface area contributed by atoms with Crippen molar-refractivity contribution in [2.75, 3.05) is 11.1 Å². The van der Waals surface area contributed by atoms with Crippen LogP contribution in [0.2, 0.25) is 0 Å². The third-order valence-corrected chi connectivity index (χ3v) is 5.04. The summed E-state index contributed by atoms with van der Waals surface area (Å²) in [5, 5.41) is 12.5. The second kappa shape index (κ2) is 7.98. The van der Waals surface area contributed by atoms with Crippen molar-refractivity contribution >= 4 is 39.5 Å². The highest BCUT2D eigenvalue weighted by Gasteiger charge is 2.24. The summed E-state index contributed by atoms with van der Waals surface area (Å²) in [6.45, 7) is 3.72. The Balaban J connectivity index is 1.73. The normalized spacial score (nSPS) is 15.4. The van der Waals surface area contributed by atoms with Crippen LogP contribution < -0.4 is 10.1 Å². The quantitative estimate of drug-likeness (QED) is 0.439. The third-order valence-electron chi connectivity index (χ3n) is 3.72. The average molecular weight is 443 g/mol. The molecule has 0 saturated carbocycles. The van der Waals surface area contributed by atoms with Gasteiger partial charge in [-0.05, 0) is 42.5 Å². The highest BCUT2D eigenvalue weighted by Crippen LogP contribution is 2.38. The van der Waals surface area contributed by atoms with Gasteiger partial charge in [0.15, 0.2) is 11.9 Å². The monoisotopic (exact) mass is 442 g/mol. The number of hydrogen-bond acceptors (Lipinski definition) is 7. The van der Waals surface area contributed by atoms with E-state index < -0.39 is 6.23 Å². The Morgan fingerprint density at radius 1 is 1.30 bits per heavy atom. The van der Waals surface area contributed by atoms with Crippen LogP contribution in [0, 0.1) is 0 Å². The molecular weight excluding hydrogens is 428 g/mol. The minimum Gasteiger partial charge on any atom is -0.465 e. The van der Waals surface area contributed by atoms with E-state index in [9.17, 15) is 0 Å². The molecular formula is C19H15BrN4O2S. The largest absolute Gasteiger partial charge is 0.465 e. The van der Waals surface area contributed by atoms with E-state index in [0.717, 1.165) is 21.5 Å². The molecule has 0 aliphatic carbocycles. The topological polar surface area (TPSA) is 73.1 Å². The van der Waals surface area contributed by atoms with Crippen LogP contribution in [-0.4, -0.2) is 27.2 Å². The van der Waals surface area contributed by atoms with Crippen molar-refractivity contribution in [1.82, 2.24) is 15.2 Å². The van der Waals surface area contributed by atoms with E-state index in [1.807, 2.05) is 42.5 Å². The lowest BCUT2D eigenvalue weighted by Crippen LogP contribution is -2.23. The van der Waals surface area contributed by atoms with E-state index in [-0.39, 0.29) is 0 Å². The van der Waals surface area contributed by atoms with Crippen LogP contribution in [0.15, 0.2) is 69.4 Å². The van der Waals surface area contributed by atoms with E-state index >= 15 is 0 Å². The van der Waals surface area contributed by atoms with Gasteiger partial charge in [0.1, 0.15) is 5.76 Å². The van der Waals surface area contributed by atoms with Gasteiger partial charge < -0.3 is 14.5 Å². The molecule has 2 aromatic heterocycles. The Kier molecular flexibility index (Phi) is 5.26. The second-order valence-corrected chi connectivity index (χ2v) is 7.50. The maximum atomic E-state index is 6.09. The number of hydrogen-bond donors (Lipinski definition) is 1. The highest BCUT2D eigenvalue weighted by molar-refractivity contribution is 9.10. The first-order valence-corrected chi connectivity index (χ1v) is 9.94. The molecule has 1 unspecified atom stereocenters. The lowest BCUT2D eigenvalue weighted by atomic mass is 10.1. The van der Waals surface area contributed by atoms with Gasteiger partial charge in [0, 0.05) is 21.5 Å². The van der Waals surface area contributed by atoms with Crippen LogP contribution in [-0.2, 0) is 0 Å². The summed E-state index contributed by atoms with van der Waals surface area (Å²) in [7, 11) is 0. The van der Waals surface area contributed by atoms with Gasteiger partial charge in [-0.15, -0.1) is 16.8 Å². The van der Waals surface area contributed by atoms with Crippen LogP contribution in [0.5, 0.6) is 5.88 Å². The standard InChI is InChI=1S/C19H15BrN4O2S/c1-2-10-27-19-22-18-17(23-24-19)14-11-12(20)5-7-15(14)21-16(26-18)8-6-13-4-3-9-25-13/h2-9,11,16,21H,1,10H2. The first-order chi connectivity index (χ1) is 13.2. The summed E-state index contributed by atoms with van der Waals surface area (Å²) in [6.07, 6.45) is 6.71. The number of nitrogens with zero attached hydrogens (tertiary/aromatic N) is 3. The van der Waals surface area contributed by atoms with Gasteiger partial charge in [0.05, 0.1) is 6.26 Å². The fourth-order valence-electron chi connectivity index (χ4n) is 2.54. The summed E-state index contributed by atoms with van der Waals surface area (Å²) in [4.78, 5) is 4.54. The predicted octanol–water partition coefficient (Wildman–Crippen LogP) is 5.02. The number of thioether (sulfide) groups is 1. The third kappa shape index (κ3) is 4.06. The molecule has 1 aromatic carbocycles. The number of halogens is 1. The maximum absolute atomic E-state index is 6.09. The summed E-state index contributed by atoms with van der Waals surface area (Å²) in [5.41, 5.74) is 2.35. The fraction of sp³-hybridized carbons (Fsp3) is 0.105. The fourth-order valence-corrected chi connectivity index (χ4v) is 3.41. The molecule has 1 aliphatic rings. The van der Waals surface area contributed by atoms with Gasteiger partial charge in [-0.2, -0.15) is 4.98 Å². The smallest absolute Gasteiger partial charge is 0.247 e. The zero-order valence-corrected chi connectivity index (χ0v) is 16.5. The number of benzene rings is 1. The molecule has 0 fully saturated rings. The van der Waals surface area contributed by atoms with Crippen molar-refractivity contribution in [3.63, 3.8) is 0 Å². The number of nitrogens with one attached hydrogen (secondary N) is 1. The summed E-state index contributed by atoms with van der Waals surface area (Å²) in [5.74, 6) is 1.86. The minimum absolute atomic E-state index is 0.426. The summed E-state index contributed by atoms with van der Waals surface area (Å²) < 4.78 is 12.4. The van der Waals surface area contributed by atoms with E-state index in [1.165, 1.54) is 11.8 Å². The van der Waals surface area contributed by atoms with Gasteiger partial charge in [-0.1, -0.05) is 33.8 Å². The van der Waals surface area contributed by atoms with Gasteiger partial charge in [-0.3, -0.25) is 0 Å². The van der Waals surface area contributed by atoms with E-state index in [2.05, 4.69) is 43.0 Å². The zero-order valence-electron chi connectivity index (χ0n) is 14.1. The Labute approximate surface area is 168 Å². The van der Waals surface area contributed by atoms with Crippen molar-refractivity contribution in [3.05, 3.63) is 65.6 Å². The lowest BCUT2D eigenvalue weighted by molar-refractivity contribution is 0.266. The molecule has 3 aromatic rings. The van der Waals surface area contributed by atoms with Gasteiger partial charge >= 0.3 is 0 Å². The Morgan fingerprint density at radius 3 is 3.04 bits per heavy atom. The molecule has 27 heavy (non-hydrogen) atoms. The molecule has 1 aliphatic heterocycles. The molecule has 0 bridgehead atoms. The molecule has 4 rings (SSSR count). The highest BCUT2D eigenvalue weighted by atomic mass is 79.9. The minimum atomic E-state index is -0.440. The lowest BCUT2D eigenvalue weighted by Gasteiger charge is -2.15. The molecule has 6 nitrogen and oxygen atoms in total. The van der Waals surface area contributed by atoms with Crippen LogP contribution in [0.1, 0.15) is 5.76 Å². The number of rotatable bonds is 5. The van der Waals surface area contributed by atoms with Crippen molar-refractivity contribution in [3.8, 4) is 17.1 Å². The van der Waals surface area contributed by atoms with Crippen molar-refractivity contribution in [1.29, 1.82) is 0 Å². The molecule has 0 amide bonds. The van der Waals surface area contributed by atoms with Gasteiger partial charge in [0.2, 0.25) is 11.0 Å². The molecule has 1 atom stereocenters. The Bertz CT molecular complexity index is 991. The molecule has 136 valence electrons. The number of ether oxygens (including phenoxy) is 1. The number of furan rings is 1. The molecule has 8 heteroatoms. The van der Waals surface area contributed by atoms with E-state index in [4.69, 9.17) is 9.15 Å². The average Bonchev–Trinajstić information content (AvgIpc) is 3.14. The SMILES string of the molecule is C=CCSc1nnc2c(n1)OC(C=Cc1ccco1)Nc1ccc(Br)cc1-2. The predicted molar refractivity (Wildman–Crippen MR) is 110 cm³/mol. The molecule has 1 N–H and O–H groups in total. The molecule has 0 radical (unpaired) electrons. The van der Waals surface area contributed by atoms with E-state index in [1.54, 1.807) is 12.3 Å². The van der Waals surface area contributed by atoms with Crippen molar-refractivity contribution in [2.24, 2.45) is 0 Å². The summed E-state index contributed by atoms with van der Waals surface area (Å²) in [6, 6.07) is 9.60. The first kappa shape index (κ1) is 17.8. The second-order valence-electron chi connectivity index (χ2n) is 5.60. The van der Waals surface area contributed by atoms with Gasteiger partial charge in [-0.25, -0.2) is 0 Å². The van der Waals surface area contributed by atoms with Crippen molar-refractivity contribution < 1.29 is 9.15 Å². The number of fused-ring (bicyclic) bond motifs is 3. The van der Waals surface area contributed by atoms with E-state index in [0.29, 0.717) is 22.5 Å². The Morgan fingerprint density at radius 2 is 2.22 bits per heavy atom. The van der Waals surface area contributed by atoms with Crippen LogP contribution in [0.4, 0.5) is 5.69 Å². The van der Waals surface area contributed by atoms with Gasteiger partial charge in [0.25, 0.3) is 0 Å². The maximum Gasteiger partial charge on any atom is 0.247 e. The van der Waals surface area contributed by atoms with Crippen LogP contribution in [0.3, 0.4) is 0 Å².